The lowest BCUT2D eigenvalue weighted by molar-refractivity contribution is -0.148. The Kier molecular flexibility index (Phi) is 6.66. The minimum absolute atomic E-state index is 0.157. The van der Waals surface area contributed by atoms with Gasteiger partial charge < -0.3 is 4.74 Å². The van der Waals surface area contributed by atoms with Crippen LogP contribution in [0.2, 0.25) is 0 Å². The molecule has 3 rings (SSSR count). The van der Waals surface area contributed by atoms with Crippen molar-refractivity contribution in [2.45, 2.75) is 37.4 Å². The van der Waals surface area contributed by atoms with E-state index in [9.17, 15) is 9.59 Å². The van der Waals surface area contributed by atoms with Crippen molar-refractivity contribution in [3.05, 3.63) is 82.6 Å². The van der Waals surface area contributed by atoms with Crippen LogP contribution in [-0.2, 0) is 21.8 Å². The molecule has 0 aliphatic rings. The largest absolute Gasteiger partial charge is 0.462 e. The first kappa shape index (κ1) is 19.9. The molecule has 144 valence electrons. The fourth-order valence-electron chi connectivity index (χ4n) is 2.65. The predicted octanol–water partition coefficient (Wildman–Crippen LogP) is 4.15. The number of hydrogen-bond donors (Lipinski definition) is 0. The summed E-state index contributed by atoms with van der Waals surface area (Å²) >= 11 is 1.43. The number of carbonyl (C=O) groups is 1. The fraction of sp³-hybridized carbons (Fsp3) is 0.227. The highest BCUT2D eigenvalue weighted by Gasteiger charge is 2.15. The van der Waals surface area contributed by atoms with Crippen LogP contribution in [0.4, 0.5) is 0 Å². The second-order valence-electron chi connectivity index (χ2n) is 6.53. The van der Waals surface area contributed by atoms with Gasteiger partial charge in [-0.2, -0.15) is 0 Å². The maximum absolute atomic E-state index is 12.8. The van der Waals surface area contributed by atoms with Crippen LogP contribution in [0.5, 0.6) is 0 Å². The molecule has 0 aliphatic heterocycles. The highest BCUT2D eigenvalue weighted by molar-refractivity contribution is 7.98. The van der Waals surface area contributed by atoms with Crippen molar-refractivity contribution in [3.8, 4) is 11.3 Å². The molecule has 6 heteroatoms. The number of rotatable bonds is 7. The minimum atomic E-state index is -0.451. The van der Waals surface area contributed by atoms with Crippen LogP contribution in [0.1, 0.15) is 19.4 Å². The molecule has 5 nitrogen and oxygen atoms in total. The van der Waals surface area contributed by atoms with Crippen LogP contribution in [-0.4, -0.2) is 21.6 Å². The topological polar surface area (TPSA) is 61.2 Å². The summed E-state index contributed by atoms with van der Waals surface area (Å²) in [5, 5.41) is 0.496. The monoisotopic (exact) mass is 394 g/mol. The Labute approximate surface area is 168 Å². The fourth-order valence-corrected chi connectivity index (χ4v) is 3.61. The summed E-state index contributed by atoms with van der Waals surface area (Å²) in [5.41, 5.74) is 2.29. The second kappa shape index (κ2) is 9.37. The van der Waals surface area contributed by atoms with E-state index in [0.717, 1.165) is 11.1 Å². The number of benzene rings is 2. The zero-order chi connectivity index (χ0) is 19.9. The maximum Gasteiger partial charge on any atom is 0.326 e. The highest BCUT2D eigenvalue weighted by Crippen LogP contribution is 2.23. The molecular formula is C22H22N2O3S. The summed E-state index contributed by atoms with van der Waals surface area (Å²) in [6, 6.07) is 20.9. The Hall–Kier alpha value is -2.86. The number of aromatic nitrogens is 2. The first-order valence-electron chi connectivity index (χ1n) is 9.06. The van der Waals surface area contributed by atoms with E-state index >= 15 is 0 Å². The van der Waals surface area contributed by atoms with Crippen molar-refractivity contribution >= 4 is 17.7 Å². The number of hydrogen-bond acceptors (Lipinski definition) is 5. The molecule has 2 aromatic carbocycles. The van der Waals surface area contributed by atoms with Gasteiger partial charge in [0, 0.05) is 17.4 Å². The zero-order valence-corrected chi connectivity index (χ0v) is 16.7. The van der Waals surface area contributed by atoms with E-state index in [4.69, 9.17) is 4.74 Å². The number of carbonyl (C=O) groups excluding carboxylic acids is 1. The van der Waals surface area contributed by atoms with E-state index in [-0.39, 0.29) is 18.2 Å². The van der Waals surface area contributed by atoms with E-state index in [0.29, 0.717) is 16.6 Å². The van der Waals surface area contributed by atoms with Gasteiger partial charge in [-0.25, -0.2) is 4.98 Å². The van der Waals surface area contributed by atoms with Gasteiger partial charge in [0.25, 0.3) is 5.56 Å². The van der Waals surface area contributed by atoms with Crippen LogP contribution in [0.25, 0.3) is 11.3 Å². The van der Waals surface area contributed by atoms with E-state index in [1.54, 1.807) is 13.8 Å². The smallest absolute Gasteiger partial charge is 0.326 e. The zero-order valence-electron chi connectivity index (χ0n) is 15.9. The number of ether oxygens (including phenoxy) is 1. The molecule has 1 aromatic heterocycles. The minimum Gasteiger partial charge on any atom is -0.462 e. The van der Waals surface area contributed by atoms with E-state index in [1.165, 1.54) is 22.4 Å². The first-order chi connectivity index (χ1) is 13.5. The lowest BCUT2D eigenvalue weighted by Gasteiger charge is -2.14. The normalized spacial score (nSPS) is 10.8. The lowest BCUT2D eigenvalue weighted by Crippen LogP contribution is -2.28. The molecule has 0 atom stereocenters. The predicted molar refractivity (Wildman–Crippen MR) is 111 cm³/mol. The molecule has 0 radical (unpaired) electrons. The van der Waals surface area contributed by atoms with Crippen LogP contribution >= 0.6 is 11.8 Å². The average molecular weight is 394 g/mol. The van der Waals surface area contributed by atoms with Crippen molar-refractivity contribution < 1.29 is 9.53 Å². The maximum atomic E-state index is 12.8. The van der Waals surface area contributed by atoms with E-state index < -0.39 is 5.97 Å². The standard InChI is InChI=1S/C22H22N2O3S/c1-16(2)27-21(26)14-24-20(25)13-19(18-11-7-4-8-12-18)23-22(24)28-15-17-9-5-3-6-10-17/h3-13,16H,14-15H2,1-2H3. The van der Waals surface area contributed by atoms with Crippen molar-refractivity contribution in [2.75, 3.05) is 0 Å². The van der Waals surface area contributed by atoms with Gasteiger partial charge in [-0.3, -0.25) is 14.2 Å². The van der Waals surface area contributed by atoms with Crippen LogP contribution in [0.3, 0.4) is 0 Å². The van der Waals surface area contributed by atoms with Crippen molar-refractivity contribution in [3.63, 3.8) is 0 Å². The highest BCUT2D eigenvalue weighted by atomic mass is 32.2. The van der Waals surface area contributed by atoms with Crippen molar-refractivity contribution in [2.24, 2.45) is 0 Å². The molecule has 0 amide bonds. The summed E-state index contributed by atoms with van der Waals surface area (Å²) in [5.74, 6) is 0.193. The summed E-state index contributed by atoms with van der Waals surface area (Å²) in [6.45, 7) is 3.40. The third-order valence-corrected chi connectivity index (χ3v) is 4.96. The molecular weight excluding hydrogens is 372 g/mol. The van der Waals surface area contributed by atoms with E-state index in [2.05, 4.69) is 4.98 Å². The van der Waals surface area contributed by atoms with Gasteiger partial charge in [0.1, 0.15) is 6.54 Å². The molecule has 1 heterocycles. The molecule has 0 saturated heterocycles. The Balaban J connectivity index is 1.94. The van der Waals surface area contributed by atoms with Gasteiger partial charge in [0.05, 0.1) is 11.8 Å². The number of thioether (sulfide) groups is 1. The Morgan fingerprint density at radius 1 is 1.07 bits per heavy atom. The third kappa shape index (κ3) is 5.33. The Morgan fingerprint density at radius 3 is 2.36 bits per heavy atom. The van der Waals surface area contributed by atoms with Crippen LogP contribution < -0.4 is 5.56 Å². The molecule has 0 fully saturated rings. The lowest BCUT2D eigenvalue weighted by atomic mass is 10.1. The Morgan fingerprint density at radius 2 is 1.71 bits per heavy atom. The van der Waals surface area contributed by atoms with Gasteiger partial charge in [-0.05, 0) is 19.4 Å². The van der Waals surface area contributed by atoms with Crippen LogP contribution in [0, 0.1) is 0 Å². The Bertz CT molecular complexity index is 986. The summed E-state index contributed by atoms with van der Waals surface area (Å²) in [4.78, 5) is 29.6. The first-order valence-corrected chi connectivity index (χ1v) is 10.0. The molecule has 0 unspecified atom stereocenters. The molecule has 0 aliphatic carbocycles. The molecule has 0 N–H and O–H groups in total. The number of esters is 1. The van der Waals surface area contributed by atoms with Gasteiger partial charge in [-0.1, -0.05) is 72.4 Å². The molecule has 0 bridgehead atoms. The van der Waals surface area contributed by atoms with Gasteiger partial charge >= 0.3 is 5.97 Å². The van der Waals surface area contributed by atoms with Gasteiger partial charge in [0.2, 0.25) is 0 Å². The molecule has 28 heavy (non-hydrogen) atoms. The summed E-state index contributed by atoms with van der Waals surface area (Å²) in [6.07, 6.45) is -0.236. The molecule has 0 spiro atoms. The summed E-state index contributed by atoms with van der Waals surface area (Å²) in [7, 11) is 0. The summed E-state index contributed by atoms with van der Waals surface area (Å²) < 4.78 is 6.59. The van der Waals surface area contributed by atoms with Gasteiger partial charge in [0.15, 0.2) is 5.16 Å². The molecule has 3 aromatic rings. The third-order valence-electron chi connectivity index (χ3n) is 3.91. The van der Waals surface area contributed by atoms with Crippen LogP contribution in [0.15, 0.2) is 76.7 Å². The average Bonchev–Trinajstić information content (AvgIpc) is 2.69. The molecule has 0 saturated carbocycles. The van der Waals surface area contributed by atoms with Crippen molar-refractivity contribution in [1.82, 2.24) is 9.55 Å². The quantitative estimate of drug-likeness (QED) is 0.342. The van der Waals surface area contributed by atoms with E-state index in [1.807, 2.05) is 60.7 Å². The van der Waals surface area contributed by atoms with Crippen molar-refractivity contribution in [1.29, 1.82) is 0 Å². The number of nitrogens with zero attached hydrogens (tertiary/aromatic N) is 2. The SMILES string of the molecule is CC(C)OC(=O)Cn1c(SCc2ccccc2)nc(-c2ccccc2)cc1=O. The second-order valence-corrected chi connectivity index (χ2v) is 7.47. The van der Waals surface area contributed by atoms with Gasteiger partial charge in [-0.15, -0.1) is 0 Å².